The van der Waals surface area contributed by atoms with E-state index in [1.165, 1.54) is 11.9 Å². The molecule has 0 saturated carbocycles. The smallest absolute Gasteiger partial charge is 0.261 e. The molecule has 4 rings (SSSR count). The summed E-state index contributed by atoms with van der Waals surface area (Å²) in [5, 5.41) is 7.14. The molecule has 0 spiro atoms. The fourth-order valence-corrected chi connectivity index (χ4v) is 3.13. The molecule has 7 heteroatoms. The van der Waals surface area contributed by atoms with E-state index in [4.69, 9.17) is 4.74 Å². The van der Waals surface area contributed by atoms with E-state index in [1.807, 2.05) is 62.4 Å². The summed E-state index contributed by atoms with van der Waals surface area (Å²) in [5.74, 6) is 1.10. The van der Waals surface area contributed by atoms with Gasteiger partial charge in [-0.1, -0.05) is 30.3 Å². The van der Waals surface area contributed by atoms with Crippen LogP contribution in [0.1, 0.15) is 23.6 Å². The van der Waals surface area contributed by atoms with E-state index in [0.29, 0.717) is 18.1 Å². The molecule has 1 N–H and O–H groups in total. The van der Waals surface area contributed by atoms with Gasteiger partial charge in [-0.2, -0.15) is 14.6 Å². The van der Waals surface area contributed by atoms with Gasteiger partial charge in [-0.3, -0.25) is 4.79 Å². The third-order valence-electron chi connectivity index (χ3n) is 5.06. The lowest BCUT2D eigenvalue weighted by Crippen LogP contribution is -2.35. The Balaban J connectivity index is 1.37. The summed E-state index contributed by atoms with van der Waals surface area (Å²) in [7, 11) is 0. The second-order valence-electron chi connectivity index (χ2n) is 7.22. The Bertz CT molecular complexity index is 1180. The number of hydrogen-bond acceptors (Lipinski definition) is 5. The molecule has 0 radical (unpaired) electrons. The van der Waals surface area contributed by atoms with Crippen molar-refractivity contribution in [2.45, 2.75) is 33.4 Å². The van der Waals surface area contributed by atoms with Crippen LogP contribution in [0.2, 0.25) is 0 Å². The largest absolute Gasteiger partial charge is 0.481 e. The Morgan fingerprint density at radius 1 is 1.07 bits per heavy atom. The number of rotatable bonds is 6. The number of nitrogens with one attached hydrogen (secondary N) is 1. The number of fused-ring (bicyclic) bond motifs is 1. The molecule has 0 saturated heterocycles. The topological polar surface area (TPSA) is 81.4 Å². The molecule has 2 aromatic carbocycles. The molecule has 7 nitrogen and oxygen atoms in total. The standard InChI is InChI=1S/C23H23N5O2/c1-15-4-9-20(12-16(15)2)30-17(3)22(29)25-13-18-5-7-19(8-6-18)21-10-11-24-23-26-14-27-28(21)23/h4-12,14,17H,13H2,1-3H3,(H,25,29)/t17-/m0/s1. The highest BCUT2D eigenvalue weighted by Crippen LogP contribution is 2.20. The second kappa shape index (κ2) is 8.32. The molecule has 0 aliphatic carbocycles. The Labute approximate surface area is 174 Å². The minimum absolute atomic E-state index is 0.157. The summed E-state index contributed by atoms with van der Waals surface area (Å²) >= 11 is 0. The molecule has 152 valence electrons. The van der Waals surface area contributed by atoms with E-state index in [-0.39, 0.29) is 5.91 Å². The number of carbonyl (C=O) groups is 1. The fraction of sp³-hybridized carbons (Fsp3) is 0.217. The molecule has 2 heterocycles. The predicted molar refractivity (Wildman–Crippen MR) is 114 cm³/mol. The molecule has 4 aromatic rings. The lowest BCUT2D eigenvalue weighted by atomic mass is 10.1. The van der Waals surface area contributed by atoms with Gasteiger partial charge >= 0.3 is 0 Å². The first kappa shape index (κ1) is 19.6. The monoisotopic (exact) mass is 401 g/mol. The van der Waals surface area contributed by atoms with Crippen molar-refractivity contribution in [3.05, 3.63) is 77.7 Å². The van der Waals surface area contributed by atoms with E-state index in [0.717, 1.165) is 22.4 Å². The summed E-state index contributed by atoms with van der Waals surface area (Å²) in [6, 6.07) is 15.7. The van der Waals surface area contributed by atoms with Crippen LogP contribution in [0.15, 0.2) is 61.1 Å². The third kappa shape index (κ3) is 4.15. The highest BCUT2D eigenvalue weighted by molar-refractivity contribution is 5.80. The molecular weight excluding hydrogens is 378 g/mol. The van der Waals surface area contributed by atoms with E-state index in [1.54, 1.807) is 17.6 Å². The second-order valence-corrected chi connectivity index (χ2v) is 7.22. The zero-order chi connectivity index (χ0) is 21.1. The highest BCUT2D eigenvalue weighted by Gasteiger charge is 2.15. The van der Waals surface area contributed by atoms with Crippen LogP contribution in [0, 0.1) is 13.8 Å². The van der Waals surface area contributed by atoms with Crippen molar-refractivity contribution in [2.24, 2.45) is 0 Å². The molecule has 2 aromatic heterocycles. The Hall–Kier alpha value is -3.74. The van der Waals surface area contributed by atoms with Crippen LogP contribution in [0.3, 0.4) is 0 Å². The van der Waals surface area contributed by atoms with Crippen LogP contribution < -0.4 is 10.1 Å². The van der Waals surface area contributed by atoms with Gasteiger partial charge in [-0.15, -0.1) is 0 Å². The van der Waals surface area contributed by atoms with Crippen molar-refractivity contribution in [1.29, 1.82) is 0 Å². The van der Waals surface area contributed by atoms with Gasteiger partial charge in [0, 0.05) is 18.3 Å². The number of ether oxygens (including phenoxy) is 1. The number of amides is 1. The van der Waals surface area contributed by atoms with Gasteiger partial charge in [0.2, 0.25) is 0 Å². The van der Waals surface area contributed by atoms with E-state index in [9.17, 15) is 4.79 Å². The Morgan fingerprint density at radius 3 is 2.63 bits per heavy atom. The third-order valence-corrected chi connectivity index (χ3v) is 5.06. The first-order valence-electron chi connectivity index (χ1n) is 9.77. The number of aryl methyl sites for hydroxylation is 2. The average Bonchev–Trinajstić information content (AvgIpc) is 3.24. The van der Waals surface area contributed by atoms with Gasteiger partial charge in [-0.25, -0.2) is 4.98 Å². The predicted octanol–water partition coefficient (Wildman–Crippen LogP) is 3.49. The lowest BCUT2D eigenvalue weighted by molar-refractivity contribution is -0.127. The van der Waals surface area contributed by atoms with Crippen LogP contribution >= 0.6 is 0 Å². The first-order chi connectivity index (χ1) is 14.5. The molecule has 1 atom stereocenters. The maximum atomic E-state index is 12.4. The van der Waals surface area contributed by atoms with Crippen molar-refractivity contribution in [3.63, 3.8) is 0 Å². The minimum atomic E-state index is -0.580. The van der Waals surface area contributed by atoms with Crippen molar-refractivity contribution in [1.82, 2.24) is 24.9 Å². The van der Waals surface area contributed by atoms with Crippen LogP contribution in [0.25, 0.3) is 17.0 Å². The van der Waals surface area contributed by atoms with Crippen LogP contribution in [0.5, 0.6) is 5.75 Å². The first-order valence-corrected chi connectivity index (χ1v) is 9.77. The molecule has 30 heavy (non-hydrogen) atoms. The molecule has 0 bridgehead atoms. The highest BCUT2D eigenvalue weighted by atomic mass is 16.5. The van der Waals surface area contributed by atoms with E-state index >= 15 is 0 Å². The molecule has 0 unspecified atom stereocenters. The number of nitrogens with zero attached hydrogens (tertiary/aromatic N) is 4. The van der Waals surface area contributed by atoms with Gasteiger partial charge in [0.25, 0.3) is 11.7 Å². The summed E-state index contributed by atoms with van der Waals surface area (Å²) in [6.45, 7) is 6.25. The maximum absolute atomic E-state index is 12.4. The zero-order valence-electron chi connectivity index (χ0n) is 17.2. The van der Waals surface area contributed by atoms with Crippen molar-refractivity contribution in [3.8, 4) is 17.0 Å². The number of benzene rings is 2. The Kier molecular flexibility index (Phi) is 5.43. The lowest BCUT2D eigenvalue weighted by Gasteiger charge is -2.16. The van der Waals surface area contributed by atoms with Crippen molar-refractivity contribution in [2.75, 3.05) is 0 Å². The quantitative estimate of drug-likeness (QED) is 0.535. The summed E-state index contributed by atoms with van der Waals surface area (Å²) in [4.78, 5) is 20.7. The molecule has 0 aliphatic rings. The van der Waals surface area contributed by atoms with Crippen LogP contribution in [-0.4, -0.2) is 31.6 Å². The van der Waals surface area contributed by atoms with E-state index in [2.05, 4.69) is 20.4 Å². The van der Waals surface area contributed by atoms with Crippen molar-refractivity contribution >= 4 is 11.7 Å². The molecular formula is C23H23N5O2. The number of aromatic nitrogens is 4. The Morgan fingerprint density at radius 2 is 1.87 bits per heavy atom. The summed E-state index contributed by atoms with van der Waals surface area (Å²) < 4.78 is 7.47. The van der Waals surface area contributed by atoms with Gasteiger partial charge in [-0.05, 0) is 55.7 Å². The van der Waals surface area contributed by atoms with Gasteiger partial charge in [0.1, 0.15) is 12.1 Å². The molecule has 1 amide bonds. The normalized spacial score (nSPS) is 12.0. The van der Waals surface area contributed by atoms with Gasteiger partial charge < -0.3 is 10.1 Å². The van der Waals surface area contributed by atoms with Gasteiger partial charge in [0.15, 0.2) is 6.10 Å². The number of carbonyl (C=O) groups excluding carboxylic acids is 1. The zero-order valence-corrected chi connectivity index (χ0v) is 17.2. The molecule has 0 aliphatic heterocycles. The molecule has 0 fully saturated rings. The maximum Gasteiger partial charge on any atom is 0.261 e. The summed E-state index contributed by atoms with van der Waals surface area (Å²) in [5.41, 5.74) is 5.23. The number of hydrogen-bond donors (Lipinski definition) is 1. The van der Waals surface area contributed by atoms with Crippen LogP contribution in [-0.2, 0) is 11.3 Å². The van der Waals surface area contributed by atoms with E-state index < -0.39 is 6.10 Å². The van der Waals surface area contributed by atoms with Crippen LogP contribution in [0.4, 0.5) is 0 Å². The summed E-state index contributed by atoms with van der Waals surface area (Å²) in [6.07, 6.45) is 2.62. The SMILES string of the molecule is Cc1ccc(O[C@@H](C)C(=O)NCc2ccc(-c3ccnc4ncnn34)cc2)cc1C. The minimum Gasteiger partial charge on any atom is -0.481 e. The average molecular weight is 401 g/mol. The fourth-order valence-electron chi connectivity index (χ4n) is 3.13. The van der Waals surface area contributed by atoms with Gasteiger partial charge in [0.05, 0.1) is 5.69 Å². The van der Waals surface area contributed by atoms with Crippen molar-refractivity contribution < 1.29 is 9.53 Å².